The van der Waals surface area contributed by atoms with Gasteiger partial charge >= 0.3 is 0 Å². The predicted octanol–water partition coefficient (Wildman–Crippen LogP) is 3.17. The van der Waals surface area contributed by atoms with Crippen LogP contribution >= 0.6 is 11.8 Å². The Labute approximate surface area is 120 Å². The maximum absolute atomic E-state index is 4.59. The van der Waals surface area contributed by atoms with Crippen LogP contribution < -0.4 is 10.6 Å². The summed E-state index contributed by atoms with van der Waals surface area (Å²) in [7, 11) is 1.90. The predicted molar refractivity (Wildman–Crippen MR) is 84.1 cm³/mol. The van der Waals surface area contributed by atoms with Crippen molar-refractivity contribution in [2.75, 3.05) is 23.4 Å². The molecule has 1 fully saturated rings. The van der Waals surface area contributed by atoms with Crippen LogP contribution in [-0.2, 0) is 6.42 Å². The van der Waals surface area contributed by atoms with E-state index in [0.29, 0.717) is 6.04 Å². The first-order valence-corrected chi connectivity index (χ1v) is 8.25. The van der Waals surface area contributed by atoms with Gasteiger partial charge in [-0.1, -0.05) is 20.3 Å². The van der Waals surface area contributed by atoms with Crippen molar-refractivity contribution in [1.82, 2.24) is 9.97 Å². The molecule has 2 unspecified atom stereocenters. The van der Waals surface area contributed by atoms with E-state index < -0.39 is 0 Å². The third kappa shape index (κ3) is 3.75. The Morgan fingerprint density at radius 1 is 1.26 bits per heavy atom. The highest BCUT2D eigenvalue weighted by Crippen LogP contribution is 2.32. The zero-order chi connectivity index (χ0) is 13.7. The fourth-order valence-corrected chi connectivity index (χ4v) is 3.75. The summed E-state index contributed by atoms with van der Waals surface area (Å²) in [5.41, 5.74) is 0. The van der Waals surface area contributed by atoms with Crippen molar-refractivity contribution in [3.8, 4) is 0 Å². The van der Waals surface area contributed by atoms with Crippen molar-refractivity contribution in [3.05, 3.63) is 11.9 Å². The molecule has 0 amide bonds. The van der Waals surface area contributed by atoms with Gasteiger partial charge < -0.3 is 10.6 Å². The van der Waals surface area contributed by atoms with Gasteiger partial charge in [0.05, 0.1) is 0 Å². The Morgan fingerprint density at radius 3 is 2.74 bits per heavy atom. The molecule has 0 saturated heterocycles. The molecule has 106 valence electrons. The molecule has 0 spiro atoms. The van der Waals surface area contributed by atoms with Crippen LogP contribution in [0, 0.1) is 0 Å². The van der Waals surface area contributed by atoms with E-state index in [9.17, 15) is 0 Å². The highest BCUT2D eigenvalue weighted by atomic mass is 32.2. The minimum absolute atomic E-state index is 0.550. The molecule has 2 atom stereocenters. The van der Waals surface area contributed by atoms with E-state index >= 15 is 0 Å². The van der Waals surface area contributed by atoms with Crippen molar-refractivity contribution < 1.29 is 0 Å². The van der Waals surface area contributed by atoms with E-state index in [1.807, 2.05) is 13.1 Å². The Kier molecular flexibility index (Phi) is 5.31. The number of anilines is 2. The monoisotopic (exact) mass is 280 g/mol. The zero-order valence-corrected chi connectivity index (χ0v) is 12.9. The maximum atomic E-state index is 4.59. The molecule has 1 aromatic rings. The van der Waals surface area contributed by atoms with E-state index in [0.717, 1.165) is 29.1 Å². The summed E-state index contributed by atoms with van der Waals surface area (Å²) >= 11 is 2.06. The van der Waals surface area contributed by atoms with E-state index in [2.05, 4.69) is 46.2 Å². The fraction of sp³-hybridized carbons (Fsp3) is 0.714. The number of thioether (sulfide) groups is 1. The van der Waals surface area contributed by atoms with Crippen LogP contribution in [0.4, 0.5) is 11.6 Å². The smallest absolute Gasteiger partial charge is 0.132 e. The lowest BCUT2D eigenvalue weighted by Gasteiger charge is -2.21. The van der Waals surface area contributed by atoms with Gasteiger partial charge in [-0.3, -0.25) is 0 Å². The van der Waals surface area contributed by atoms with E-state index in [1.54, 1.807) is 0 Å². The normalized spacial score (nSPS) is 22.5. The summed E-state index contributed by atoms with van der Waals surface area (Å²) < 4.78 is 0. The molecule has 1 aromatic heterocycles. The minimum atomic E-state index is 0.550. The Morgan fingerprint density at radius 2 is 2.05 bits per heavy atom. The number of nitrogens with zero attached hydrogens (tertiary/aromatic N) is 2. The van der Waals surface area contributed by atoms with Crippen LogP contribution in [0.15, 0.2) is 6.07 Å². The van der Waals surface area contributed by atoms with Gasteiger partial charge in [0.1, 0.15) is 17.5 Å². The van der Waals surface area contributed by atoms with E-state index in [-0.39, 0.29) is 0 Å². The first-order valence-electron chi connectivity index (χ1n) is 7.20. The van der Waals surface area contributed by atoms with Crippen LogP contribution in [0.1, 0.15) is 38.9 Å². The van der Waals surface area contributed by atoms with E-state index in [1.165, 1.54) is 25.0 Å². The number of hydrogen-bond acceptors (Lipinski definition) is 5. The second-order valence-corrected chi connectivity index (χ2v) is 6.35. The van der Waals surface area contributed by atoms with Gasteiger partial charge in [-0.05, 0) is 18.6 Å². The molecule has 1 aliphatic carbocycles. The van der Waals surface area contributed by atoms with Gasteiger partial charge in [0.25, 0.3) is 0 Å². The molecule has 5 heteroatoms. The van der Waals surface area contributed by atoms with Gasteiger partial charge in [0, 0.05) is 30.8 Å². The summed E-state index contributed by atoms with van der Waals surface area (Å²) in [6, 6.07) is 2.56. The first kappa shape index (κ1) is 14.4. The van der Waals surface area contributed by atoms with Gasteiger partial charge in [-0.25, -0.2) is 9.97 Å². The second kappa shape index (κ2) is 6.98. The average Bonchev–Trinajstić information content (AvgIpc) is 2.86. The van der Waals surface area contributed by atoms with Crippen LogP contribution in [0.5, 0.6) is 0 Å². The van der Waals surface area contributed by atoms with Crippen molar-refractivity contribution in [2.45, 2.75) is 50.8 Å². The maximum Gasteiger partial charge on any atom is 0.132 e. The molecule has 0 aromatic carbocycles. The summed E-state index contributed by atoms with van der Waals surface area (Å²) in [6.45, 7) is 4.32. The third-order valence-corrected chi connectivity index (χ3v) is 4.84. The quantitative estimate of drug-likeness (QED) is 0.838. The summed E-state index contributed by atoms with van der Waals surface area (Å²) in [6.07, 6.45) is 4.75. The number of aromatic nitrogens is 2. The highest BCUT2D eigenvalue weighted by molar-refractivity contribution is 7.99. The molecule has 0 aliphatic heterocycles. The lowest BCUT2D eigenvalue weighted by molar-refractivity contribution is 0.758. The van der Waals surface area contributed by atoms with Gasteiger partial charge in [-0.15, -0.1) is 0 Å². The largest absolute Gasteiger partial charge is 0.373 e. The minimum Gasteiger partial charge on any atom is -0.373 e. The summed E-state index contributed by atoms with van der Waals surface area (Å²) in [5.74, 6) is 3.94. The van der Waals surface area contributed by atoms with Gasteiger partial charge in [0.2, 0.25) is 0 Å². The van der Waals surface area contributed by atoms with Crippen LogP contribution in [0.3, 0.4) is 0 Å². The lowest BCUT2D eigenvalue weighted by atomic mass is 10.2. The Bertz CT molecular complexity index is 388. The molecule has 19 heavy (non-hydrogen) atoms. The number of hydrogen-bond donors (Lipinski definition) is 2. The molecule has 2 rings (SSSR count). The third-order valence-electron chi connectivity index (χ3n) is 3.51. The van der Waals surface area contributed by atoms with Gasteiger partial charge in [0.15, 0.2) is 0 Å². The molecule has 4 nitrogen and oxygen atoms in total. The molecule has 2 N–H and O–H groups in total. The molecule has 0 bridgehead atoms. The molecule has 1 aliphatic rings. The first-order chi connectivity index (χ1) is 9.26. The highest BCUT2D eigenvalue weighted by Gasteiger charge is 2.27. The zero-order valence-electron chi connectivity index (χ0n) is 12.1. The Balaban J connectivity index is 2.09. The van der Waals surface area contributed by atoms with Crippen molar-refractivity contribution in [1.29, 1.82) is 0 Å². The Hall–Kier alpha value is -0.970. The van der Waals surface area contributed by atoms with Crippen LogP contribution in [-0.4, -0.2) is 34.1 Å². The fourth-order valence-electron chi connectivity index (χ4n) is 2.55. The van der Waals surface area contributed by atoms with E-state index in [4.69, 9.17) is 0 Å². The van der Waals surface area contributed by atoms with Crippen molar-refractivity contribution in [2.24, 2.45) is 0 Å². The lowest BCUT2D eigenvalue weighted by Crippen LogP contribution is -2.27. The van der Waals surface area contributed by atoms with Crippen LogP contribution in [0.25, 0.3) is 0 Å². The average molecular weight is 280 g/mol. The summed E-state index contributed by atoms with van der Waals surface area (Å²) in [5, 5.41) is 7.45. The molecular formula is C14H24N4S. The molecule has 0 radical (unpaired) electrons. The standard InChI is InChI=1S/C14H24N4S/c1-4-12-17-13(15-3)9-14(18-12)16-10-7-6-8-11(10)19-5-2/h9-11H,4-8H2,1-3H3,(H2,15,16,17,18). The SMILES string of the molecule is CCSC1CCCC1Nc1cc(NC)nc(CC)n1. The molecule has 1 saturated carbocycles. The second-order valence-electron chi connectivity index (χ2n) is 4.83. The number of rotatable bonds is 6. The van der Waals surface area contributed by atoms with Crippen LogP contribution in [0.2, 0.25) is 0 Å². The summed E-state index contributed by atoms with van der Waals surface area (Å²) in [4.78, 5) is 9.02. The van der Waals surface area contributed by atoms with Gasteiger partial charge in [-0.2, -0.15) is 11.8 Å². The van der Waals surface area contributed by atoms with Crippen molar-refractivity contribution >= 4 is 23.4 Å². The molecule has 1 heterocycles. The number of nitrogens with one attached hydrogen (secondary N) is 2. The molecular weight excluding hydrogens is 256 g/mol. The topological polar surface area (TPSA) is 49.8 Å². The van der Waals surface area contributed by atoms with Crippen molar-refractivity contribution in [3.63, 3.8) is 0 Å². The number of aryl methyl sites for hydroxylation is 1.